The van der Waals surface area contributed by atoms with Crippen molar-refractivity contribution in [1.29, 1.82) is 0 Å². The molecule has 10 heteroatoms. The molecule has 1 atom stereocenters. The Bertz CT molecular complexity index is 1290. The molecule has 0 spiro atoms. The zero-order valence-corrected chi connectivity index (χ0v) is 21.7. The number of hydrogen-bond acceptors (Lipinski definition) is 7. The van der Waals surface area contributed by atoms with E-state index < -0.39 is 15.9 Å². The number of sulfonamides is 1. The van der Waals surface area contributed by atoms with E-state index in [2.05, 4.69) is 15.5 Å². The van der Waals surface area contributed by atoms with Gasteiger partial charge in [0.1, 0.15) is 0 Å². The standard InChI is InChI=1S/C24H30N4O4S2/c1-14(2)24-26-22(27-32-24)20-12-21(17(5)33-20)34(30,31)28-8-6-7-18(13-28)23(29)25-19-10-15(3)9-16(4)11-19/h9-12,14,18H,6-8,13H2,1-5H3,(H,25,29). The van der Waals surface area contributed by atoms with Gasteiger partial charge in [-0.2, -0.15) is 9.29 Å². The van der Waals surface area contributed by atoms with Gasteiger partial charge in [0.05, 0.1) is 15.7 Å². The molecular weight excluding hydrogens is 472 g/mol. The summed E-state index contributed by atoms with van der Waals surface area (Å²) in [7, 11) is -3.76. The number of nitrogens with one attached hydrogen (secondary N) is 1. The first-order chi connectivity index (χ1) is 16.0. The van der Waals surface area contributed by atoms with Crippen molar-refractivity contribution in [2.75, 3.05) is 18.4 Å². The number of thiophene rings is 1. The minimum absolute atomic E-state index is 0.0886. The number of anilines is 1. The topological polar surface area (TPSA) is 105 Å². The Hall–Kier alpha value is -2.56. The van der Waals surface area contributed by atoms with Gasteiger partial charge in [0, 0.05) is 29.6 Å². The van der Waals surface area contributed by atoms with Crippen molar-refractivity contribution in [2.45, 2.75) is 58.3 Å². The van der Waals surface area contributed by atoms with Crippen LogP contribution in [0, 0.1) is 26.7 Å². The van der Waals surface area contributed by atoms with Crippen LogP contribution in [0.2, 0.25) is 0 Å². The van der Waals surface area contributed by atoms with E-state index in [1.165, 1.54) is 15.6 Å². The summed E-state index contributed by atoms with van der Waals surface area (Å²) in [5.41, 5.74) is 2.87. The van der Waals surface area contributed by atoms with Crippen LogP contribution in [0.15, 0.2) is 33.7 Å². The molecule has 1 saturated heterocycles. The van der Waals surface area contributed by atoms with Gasteiger partial charge in [0.25, 0.3) is 0 Å². The van der Waals surface area contributed by atoms with E-state index in [0.717, 1.165) is 16.8 Å². The largest absolute Gasteiger partial charge is 0.339 e. The van der Waals surface area contributed by atoms with Crippen LogP contribution in [-0.4, -0.2) is 41.9 Å². The average Bonchev–Trinajstić information content (AvgIpc) is 3.40. The van der Waals surface area contributed by atoms with Gasteiger partial charge in [-0.15, -0.1) is 11.3 Å². The Morgan fingerprint density at radius 2 is 1.88 bits per heavy atom. The van der Waals surface area contributed by atoms with Gasteiger partial charge in [-0.1, -0.05) is 25.1 Å². The Labute approximate surface area is 204 Å². The van der Waals surface area contributed by atoms with Crippen LogP contribution in [0.4, 0.5) is 5.69 Å². The van der Waals surface area contributed by atoms with Gasteiger partial charge in [0.2, 0.25) is 27.6 Å². The smallest absolute Gasteiger partial charge is 0.244 e. The maximum Gasteiger partial charge on any atom is 0.244 e. The molecular formula is C24H30N4O4S2. The third-order valence-corrected chi connectivity index (χ3v) is 9.06. The second kappa shape index (κ2) is 9.59. The minimum atomic E-state index is -3.76. The van der Waals surface area contributed by atoms with Crippen molar-refractivity contribution >= 4 is 33.0 Å². The summed E-state index contributed by atoms with van der Waals surface area (Å²) in [6.07, 6.45) is 1.28. The predicted octanol–water partition coefficient (Wildman–Crippen LogP) is 4.89. The van der Waals surface area contributed by atoms with Crippen molar-refractivity contribution < 1.29 is 17.7 Å². The molecule has 4 rings (SSSR count). The maximum atomic E-state index is 13.5. The van der Waals surface area contributed by atoms with Crippen LogP contribution in [-0.2, 0) is 14.8 Å². The molecule has 8 nitrogen and oxygen atoms in total. The zero-order chi connectivity index (χ0) is 24.6. The first-order valence-electron chi connectivity index (χ1n) is 11.4. The van der Waals surface area contributed by atoms with Crippen molar-refractivity contribution in [3.05, 3.63) is 46.2 Å². The van der Waals surface area contributed by atoms with Crippen LogP contribution < -0.4 is 5.32 Å². The molecule has 1 aliphatic rings. The minimum Gasteiger partial charge on any atom is -0.339 e. The molecule has 1 amide bonds. The number of rotatable bonds is 6. The number of carbonyl (C=O) groups excluding carboxylic acids is 1. The number of carbonyl (C=O) groups is 1. The summed E-state index contributed by atoms with van der Waals surface area (Å²) in [6.45, 7) is 10.2. The number of aryl methyl sites for hydroxylation is 3. The lowest BCUT2D eigenvalue weighted by Gasteiger charge is -2.31. The summed E-state index contributed by atoms with van der Waals surface area (Å²) in [5.74, 6) is 0.432. The summed E-state index contributed by atoms with van der Waals surface area (Å²) in [4.78, 5) is 18.9. The summed E-state index contributed by atoms with van der Waals surface area (Å²) < 4.78 is 33.7. The predicted molar refractivity (Wildman–Crippen MR) is 132 cm³/mol. The molecule has 1 N–H and O–H groups in total. The molecule has 3 aromatic rings. The lowest BCUT2D eigenvalue weighted by Crippen LogP contribution is -2.43. The maximum absolute atomic E-state index is 13.5. The second-order valence-corrected chi connectivity index (χ2v) is 12.4. The molecule has 34 heavy (non-hydrogen) atoms. The van der Waals surface area contributed by atoms with Gasteiger partial charge in [0.15, 0.2) is 0 Å². The van der Waals surface area contributed by atoms with Gasteiger partial charge >= 0.3 is 0 Å². The molecule has 1 aromatic carbocycles. The Morgan fingerprint density at radius 3 is 2.53 bits per heavy atom. The number of nitrogens with zero attached hydrogens (tertiary/aromatic N) is 3. The summed E-state index contributed by atoms with van der Waals surface area (Å²) >= 11 is 1.32. The van der Waals surface area contributed by atoms with Gasteiger partial charge in [-0.05, 0) is 62.9 Å². The quantitative estimate of drug-likeness (QED) is 0.515. The van der Waals surface area contributed by atoms with E-state index in [0.29, 0.717) is 40.9 Å². The molecule has 182 valence electrons. The second-order valence-electron chi connectivity index (χ2n) is 9.21. The van der Waals surface area contributed by atoms with Gasteiger partial charge in [-0.3, -0.25) is 4.79 Å². The number of amides is 1. The van der Waals surface area contributed by atoms with Crippen molar-refractivity contribution in [1.82, 2.24) is 14.4 Å². The number of hydrogen-bond donors (Lipinski definition) is 1. The van der Waals surface area contributed by atoms with Crippen LogP contribution >= 0.6 is 11.3 Å². The van der Waals surface area contributed by atoms with E-state index in [-0.39, 0.29) is 23.3 Å². The fraction of sp³-hybridized carbons (Fsp3) is 0.458. The van der Waals surface area contributed by atoms with Crippen LogP contribution in [0.3, 0.4) is 0 Å². The molecule has 3 heterocycles. The van der Waals surface area contributed by atoms with Crippen molar-refractivity contribution in [3.8, 4) is 10.7 Å². The number of aromatic nitrogens is 2. The Kier molecular flexibility index (Phi) is 6.93. The Balaban J connectivity index is 1.52. The number of benzene rings is 1. The molecule has 1 fully saturated rings. The van der Waals surface area contributed by atoms with Crippen molar-refractivity contribution in [3.63, 3.8) is 0 Å². The molecule has 0 saturated carbocycles. The molecule has 0 bridgehead atoms. The van der Waals surface area contributed by atoms with E-state index in [1.807, 2.05) is 45.9 Å². The third kappa shape index (κ3) is 5.08. The first-order valence-corrected chi connectivity index (χ1v) is 13.6. The van der Waals surface area contributed by atoms with Gasteiger partial charge in [-0.25, -0.2) is 8.42 Å². The highest BCUT2D eigenvalue weighted by Crippen LogP contribution is 2.35. The highest BCUT2D eigenvalue weighted by molar-refractivity contribution is 7.89. The average molecular weight is 503 g/mol. The van der Waals surface area contributed by atoms with Crippen molar-refractivity contribution in [2.24, 2.45) is 5.92 Å². The van der Waals surface area contributed by atoms with E-state index in [4.69, 9.17) is 4.52 Å². The van der Waals surface area contributed by atoms with E-state index in [9.17, 15) is 13.2 Å². The number of piperidine rings is 1. The SMILES string of the molecule is Cc1cc(C)cc(NC(=O)C2CCCN(S(=O)(=O)c3cc(-c4noc(C(C)C)n4)sc3C)C2)c1. The summed E-state index contributed by atoms with van der Waals surface area (Å²) in [6, 6.07) is 7.49. The Morgan fingerprint density at radius 1 is 1.18 bits per heavy atom. The highest BCUT2D eigenvalue weighted by atomic mass is 32.2. The van der Waals surface area contributed by atoms with Gasteiger partial charge < -0.3 is 9.84 Å². The summed E-state index contributed by atoms with van der Waals surface area (Å²) in [5, 5.41) is 6.98. The molecule has 2 aromatic heterocycles. The molecule has 0 radical (unpaired) electrons. The fourth-order valence-electron chi connectivity index (χ4n) is 4.21. The monoisotopic (exact) mass is 502 g/mol. The molecule has 0 aliphatic carbocycles. The van der Waals surface area contributed by atoms with E-state index in [1.54, 1.807) is 13.0 Å². The third-order valence-electron chi connectivity index (χ3n) is 5.89. The van der Waals surface area contributed by atoms with Crippen LogP contribution in [0.5, 0.6) is 0 Å². The fourth-order valence-corrected chi connectivity index (χ4v) is 7.22. The van der Waals surface area contributed by atoms with Crippen LogP contribution in [0.25, 0.3) is 10.7 Å². The zero-order valence-electron chi connectivity index (χ0n) is 20.1. The molecule has 1 unspecified atom stereocenters. The highest BCUT2D eigenvalue weighted by Gasteiger charge is 2.35. The first kappa shape index (κ1) is 24.6. The lowest BCUT2D eigenvalue weighted by atomic mass is 9.98. The van der Waals surface area contributed by atoms with E-state index >= 15 is 0 Å². The lowest BCUT2D eigenvalue weighted by molar-refractivity contribution is -0.120. The normalized spacial score (nSPS) is 17.3. The van der Waals surface area contributed by atoms with Crippen LogP contribution in [0.1, 0.15) is 54.5 Å². The molecule has 1 aliphatic heterocycles.